The molecule has 1 aromatic rings. The van der Waals surface area contributed by atoms with E-state index in [2.05, 4.69) is 5.32 Å². The van der Waals surface area contributed by atoms with Gasteiger partial charge in [0.05, 0.1) is 11.0 Å². The van der Waals surface area contributed by atoms with Crippen LogP contribution in [0.1, 0.15) is 20.8 Å². The molecule has 5 heteroatoms. The van der Waals surface area contributed by atoms with E-state index in [4.69, 9.17) is 4.74 Å². The zero-order chi connectivity index (χ0) is 13.0. The molecular formula is C12H18N2O3. The van der Waals surface area contributed by atoms with Crippen molar-refractivity contribution in [2.24, 2.45) is 5.92 Å². The van der Waals surface area contributed by atoms with E-state index < -0.39 is 4.92 Å². The second-order valence-corrected chi connectivity index (χ2v) is 4.23. The van der Waals surface area contributed by atoms with E-state index in [0.717, 1.165) is 0 Å². The van der Waals surface area contributed by atoms with Crippen molar-refractivity contribution in [2.45, 2.75) is 26.9 Å². The Balaban J connectivity index is 3.10. The number of nitrogens with one attached hydrogen (secondary N) is 1. The van der Waals surface area contributed by atoms with Crippen LogP contribution >= 0.6 is 0 Å². The van der Waals surface area contributed by atoms with Crippen molar-refractivity contribution in [1.82, 2.24) is 0 Å². The second kappa shape index (κ2) is 5.52. The molecule has 0 saturated heterocycles. The molecule has 5 nitrogen and oxygen atoms in total. The predicted molar refractivity (Wildman–Crippen MR) is 67.6 cm³/mol. The lowest BCUT2D eigenvalue weighted by Gasteiger charge is -2.18. The summed E-state index contributed by atoms with van der Waals surface area (Å²) in [6.45, 7) is 5.93. The van der Waals surface area contributed by atoms with Gasteiger partial charge in [0.25, 0.3) is 0 Å². The van der Waals surface area contributed by atoms with Crippen LogP contribution in [0.2, 0.25) is 0 Å². The lowest BCUT2D eigenvalue weighted by atomic mass is 10.1. The van der Waals surface area contributed by atoms with Gasteiger partial charge >= 0.3 is 5.69 Å². The van der Waals surface area contributed by atoms with Crippen LogP contribution in [0.25, 0.3) is 0 Å². The van der Waals surface area contributed by atoms with E-state index in [1.165, 1.54) is 0 Å². The molecule has 0 amide bonds. The lowest BCUT2D eigenvalue weighted by Crippen LogP contribution is -2.19. The summed E-state index contributed by atoms with van der Waals surface area (Å²) >= 11 is 0. The summed E-state index contributed by atoms with van der Waals surface area (Å²) < 4.78 is 5.63. The zero-order valence-corrected chi connectivity index (χ0v) is 10.6. The lowest BCUT2D eigenvalue weighted by molar-refractivity contribution is -0.385. The van der Waals surface area contributed by atoms with Crippen molar-refractivity contribution in [3.63, 3.8) is 0 Å². The maximum atomic E-state index is 11.0. The van der Waals surface area contributed by atoms with Crippen molar-refractivity contribution in [1.29, 1.82) is 0 Å². The third-order valence-corrected chi connectivity index (χ3v) is 2.70. The fourth-order valence-electron chi connectivity index (χ4n) is 1.34. The van der Waals surface area contributed by atoms with Gasteiger partial charge in [-0.05, 0) is 25.0 Å². The van der Waals surface area contributed by atoms with E-state index in [-0.39, 0.29) is 11.8 Å². The number of nitrogens with zero attached hydrogens (tertiary/aromatic N) is 1. The molecule has 0 aliphatic rings. The first-order valence-electron chi connectivity index (χ1n) is 5.59. The van der Waals surface area contributed by atoms with Crippen LogP contribution in [0.5, 0.6) is 5.75 Å². The van der Waals surface area contributed by atoms with Crippen molar-refractivity contribution >= 4 is 11.4 Å². The monoisotopic (exact) mass is 238 g/mol. The van der Waals surface area contributed by atoms with Crippen LogP contribution in [0.4, 0.5) is 11.4 Å². The van der Waals surface area contributed by atoms with Crippen molar-refractivity contribution in [3.8, 4) is 5.75 Å². The number of nitro benzene ring substituents is 1. The van der Waals surface area contributed by atoms with Gasteiger partial charge in [0.1, 0.15) is 5.69 Å². The highest BCUT2D eigenvalue weighted by molar-refractivity contribution is 5.68. The fraction of sp³-hybridized carbons (Fsp3) is 0.500. The zero-order valence-electron chi connectivity index (χ0n) is 10.6. The molecule has 0 saturated carbocycles. The van der Waals surface area contributed by atoms with Crippen LogP contribution in [-0.4, -0.2) is 18.1 Å². The molecule has 0 aliphatic heterocycles. The Kier molecular flexibility index (Phi) is 4.31. The van der Waals surface area contributed by atoms with Crippen LogP contribution in [0.3, 0.4) is 0 Å². The van der Waals surface area contributed by atoms with Crippen LogP contribution < -0.4 is 10.1 Å². The molecule has 0 aliphatic carbocycles. The summed E-state index contributed by atoms with van der Waals surface area (Å²) in [6.07, 6.45) is -0.0687. The molecule has 0 spiro atoms. The van der Waals surface area contributed by atoms with E-state index in [1.807, 2.05) is 20.8 Å². The number of hydrogen-bond acceptors (Lipinski definition) is 4. The van der Waals surface area contributed by atoms with Gasteiger partial charge in [-0.1, -0.05) is 19.9 Å². The second-order valence-electron chi connectivity index (χ2n) is 4.23. The molecule has 1 rings (SSSR count). The number of benzene rings is 1. The topological polar surface area (TPSA) is 64.4 Å². The summed E-state index contributed by atoms with van der Waals surface area (Å²) in [6, 6.07) is 5.02. The van der Waals surface area contributed by atoms with Crippen LogP contribution in [0, 0.1) is 16.0 Å². The number of hydrogen-bond donors (Lipinski definition) is 1. The Hall–Kier alpha value is -1.78. The molecule has 1 N–H and O–H groups in total. The molecule has 0 bridgehead atoms. The highest BCUT2D eigenvalue weighted by atomic mass is 16.6. The van der Waals surface area contributed by atoms with Crippen molar-refractivity contribution in [3.05, 3.63) is 28.3 Å². The molecule has 1 unspecified atom stereocenters. The third kappa shape index (κ3) is 3.09. The molecule has 94 valence electrons. The van der Waals surface area contributed by atoms with Crippen molar-refractivity contribution in [2.75, 3.05) is 12.4 Å². The Morgan fingerprint density at radius 1 is 1.35 bits per heavy atom. The highest BCUT2D eigenvalue weighted by Gasteiger charge is 2.22. The average molecular weight is 238 g/mol. The minimum atomic E-state index is -0.422. The Morgan fingerprint density at radius 2 is 2.00 bits per heavy atom. The minimum Gasteiger partial charge on any atom is -0.483 e. The third-order valence-electron chi connectivity index (χ3n) is 2.70. The van der Waals surface area contributed by atoms with Gasteiger partial charge in [-0.2, -0.15) is 0 Å². The molecule has 0 aromatic heterocycles. The van der Waals surface area contributed by atoms with Crippen molar-refractivity contribution < 1.29 is 9.66 Å². The average Bonchev–Trinajstić information content (AvgIpc) is 2.27. The first kappa shape index (κ1) is 13.3. The SMILES string of the molecule is CNc1cccc(OC(C)C(C)C)c1[N+](=O)[O-]. The summed E-state index contributed by atoms with van der Waals surface area (Å²) in [5.74, 6) is 0.607. The molecule has 17 heavy (non-hydrogen) atoms. The molecule has 1 aromatic carbocycles. The number of para-hydroxylation sites is 1. The number of anilines is 1. The number of nitro groups is 1. The van der Waals surface area contributed by atoms with Gasteiger partial charge in [-0.25, -0.2) is 0 Å². The van der Waals surface area contributed by atoms with Gasteiger partial charge < -0.3 is 10.1 Å². The van der Waals surface area contributed by atoms with Gasteiger partial charge in [0, 0.05) is 7.05 Å². The van der Waals surface area contributed by atoms with Crippen LogP contribution in [0.15, 0.2) is 18.2 Å². The normalized spacial score (nSPS) is 12.3. The number of ether oxygens (including phenoxy) is 1. The summed E-state index contributed by atoms with van der Waals surface area (Å²) in [7, 11) is 1.65. The number of rotatable bonds is 5. The maximum Gasteiger partial charge on any atom is 0.333 e. The predicted octanol–water partition coefficient (Wildman–Crippen LogP) is 3.06. The summed E-state index contributed by atoms with van der Waals surface area (Å²) in [5, 5.41) is 13.8. The Labute approximate surface area is 101 Å². The molecule has 0 fully saturated rings. The molecule has 0 radical (unpaired) electrons. The Morgan fingerprint density at radius 3 is 2.47 bits per heavy atom. The first-order chi connectivity index (χ1) is 7.97. The highest BCUT2D eigenvalue weighted by Crippen LogP contribution is 2.35. The summed E-state index contributed by atoms with van der Waals surface area (Å²) in [5.41, 5.74) is 0.450. The smallest absolute Gasteiger partial charge is 0.333 e. The minimum absolute atomic E-state index is 0.0116. The van der Waals surface area contributed by atoms with E-state index >= 15 is 0 Å². The first-order valence-corrected chi connectivity index (χ1v) is 5.59. The standard InChI is InChI=1S/C12H18N2O3/c1-8(2)9(3)17-11-7-5-6-10(13-4)12(11)14(15)16/h5-9,13H,1-4H3. The molecular weight excluding hydrogens is 220 g/mol. The van der Waals surface area contributed by atoms with E-state index in [1.54, 1.807) is 25.2 Å². The van der Waals surface area contributed by atoms with E-state index in [0.29, 0.717) is 17.4 Å². The fourth-order valence-corrected chi connectivity index (χ4v) is 1.34. The van der Waals surface area contributed by atoms with Gasteiger partial charge in [-0.3, -0.25) is 10.1 Å². The van der Waals surface area contributed by atoms with E-state index in [9.17, 15) is 10.1 Å². The quantitative estimate of drug-likeness (QED) is 0.632. The van der Waals surface area contributed by atoms with Crippen LogP contribution in [-0.2, 0) is 0 Å². The van der Waals surface area contributed by atoms with Gasteiger partial charge in [0.2, 0.25) is 0 Å². The van der Waals surface area contributed by atoms with Gasteiger partial charge in [0.15, 0.2) is 5.75 Å². The molecule has 0 heterocycles. The Bertz CT molecular complexity index is 405. The largest absolute Gasteiger partial charge is 0.483 e. The summed E-state index contributed by atoms with van der Waals surface area (Å²) in [4.78, 5) is 10.6. The molecule has 1 atom stereocenters. The van der Waals surface area contributed by atoms with Gasteiger partial charge in [-0.15, -0.1) is 0 Å². The maximum absolute atomic E-state index is 11.0.